The average Bonchev–Trinajstić information content (AvgIpc) is 2.62. The number of aryl methyl sites for hydroxylation is 1. The van der Waals surface area contributed by atoms with E-state index >= 15 is 0 Å². The van der Waals surface area contributed by atoms with Gasteiger partial charge in [0.1, 0.15) is 11.8 Å². The fraction of sp³-hybridized carbons (Fsp3) is 0.700. The van der Waals surface area contributed by atoms with Crippen LogP contribution in [0, 0.1) is 0 Å². The number of aliphatic hydroxyl groups is 1. The molecule has 1 rings (SSSR count). The first-order valence-corrected chi connectivity index (χ1v) is 6.40. The van der Waals surface area contributed by atoms with Crippen LogP contribution in [-0.2, 0) is 6.54 Å². The molecule has 5 heteroatoms. The summed E-state index contributed by atoms with van der Waals surface area (Å²) >= 11 is 1.61. The Balaban J connectivity index is 2.93. The van der Waals surface area contributed by atoms with E-state index in [4.69, 9.17) is 4.74 Å². The highest BCUT2D eigenvalue weighted by Gasteiger charge is 2.18. The second-order valence-electron chi connectivity index (χ2n) is 3.29. The maximum Gasteiger partial charge on any atom is 0.162 e. The second kappa shape index (κ2) is 6.02. The van der Waals surface area contributed by atoms with Gasteiger partial charge in [0.05, 0.1) is 13.3 Å². The van der Waals surface area contributed by atoms with Gasteiger partial charge in [0.2, 0.25) is 0 Å². The van der Waals surface area contributed by atoms with Crippen molar-refractivity contribution in [2.75, 3.05) is 19.1 Å². The number of nitrogens with zero attached hydrogens (tertiary/aromatic N) is 2. The van der Waals surface area contributed by atoms with Gasteiger partial charge in [-0.3, -0.25) is 4.68 Å². The van der Waals surface area contributed by atoms with Crippen molar-refractivity contribution in [2.24, 2.45) is 0 Å². The monoisotopic (exact) mass is 230 g/mol. The molecule has 0 aliphatic rings. The number of hydrogen-bond donors (Lipinski definition) is 1. The van der Waals surface area contributed by atoms with E-state index in [1.165, 1.54) is 0 Å². The summed E-state index contributed by atoms with van der Waals surface area (Å²) in [5.74, 6) is 1.33. The molecule has 1 N–H and O–H groups in total. The van der Waals surface area contributed by atoms with Crippen molar-refractivity contribution in [3.63, 3.8) is 0 Å². The number of aliphatic hydroxyl groups excluding tert-OH is 1. The summed E-state index contributed by atoms with van der Waals surface area (Å²) in [4.78, 5) is 0. The molecule has 1 aromatic rings. The minimum atomic E-state index is -0.510. The maximum absolute atomic E-state index is 9.97. The summed E-state index contributed by atoms with van der Waals surface area (Å²) in [5.41, 5.74) is 0.786. The first-order chi connectivity index (χ1) is 7.24. The Labute approximate surface area is 94.6 Å². The number of thioether (sulfide) groups is 1. The zero-order valence-electron chi connectivity index (χ0n) is 9.43. The highest BCUT2D eigenvalue weighted by Crippen LogP contribution is 2.26. The molecule has 0 aliphatic carbocycles. The zero-order chi connectivity index (χ0) is 11.3. The number of methoxy groups -OCH3 is 1. The molecule has 0 fully saturated rings. The molecule has 1 aromatic heterocycles. The Kier molecular flexibility index (Phi) is 4.98. The summed E-state index contributed by atoms with van der Waals surface area (Å²) in [5, 5.41) is 14.2. The van der Waals surface area contributed by atoms with Gasteiger partial charge in [0.15, 0.2) is 5.75 Å². The lowest BCUT2D eigenvalue weighted by atomic mass is 10.2. The first kappa shape index (κ1) is 12.4. The van der Waals surface area contributed by atoms with Crippen molar-refractivity contribution in [1.29, 1.82) is 0 Å². The fourth-order valence-electron chi connectivity index (χ4n) is 1.50. The molecule has 0 bridgehead atoms. The normalized spacial score (nSPS) is 12.8. The van der Waals surface area contributed by atoms with Crippen LogP contribution in [0.3, 0.4) is 0 Å². The SMILES string of the molecule is CCCn1ncc(OC)c1C(O)CSC. The molecule has 1 unspecified atom stereocenters. The molecule has 1 atom stereocenters. The minimum Gasteiger partial charge on any atom is -0.493 e. The third-order valence-corrected chi connectivity index (χ3v) is 2.79. The van der Waals surface area contributed by atoms with Crippen LogP contribution in [0.25, 0.3) is 0 Å². The van der Waals surface area contributed by atoms with Crippen LogP contribution in [-0.4, -0.2) is 34.0 Å². The molecular formula is C10H18N2O2S. The number of rotatable bonds is 6. The molecule has 0 saturated heterocycles. The van der Waals surface area contributed by atoms with E-state index in [1.807, 2.05) is 10.9 Å². The standard InChI is InChI=1S/C10H18N2O2S/c1-4-5-12-10(8(13)7-15-3)9(14-2)6-11-12/h6,8,13H,4-5,7H2,1-3H3. The third kappa shape index (κ3) is 2.89. The summed E-state index contributed by atoms with van der Waals surface area (Å²) in [7, 11) is 1.60. The quantitative estimate of drug-likeness (QED) is 0.808. The Hall–Kier alpha value is -0.680. The predicted octanol–water partition coefficient (Wildman–Crippen LogP) is 1.70. The molecule has 0 aromatic carbocycles. The van der Waals surface area contributed by atoms with Crippen LogP contribution < -0.4 is 4.74 Å². The highest BCUT2D eigenvalue weighted by atomic mass is 32.2. The molecule has 1 heterocycles. The van der Waals surface area contributed by atoms with Gasteiger partial charge in [0.25, 0.3) is 0 Å². The largest absolute Gasteiger partial charge is 0.493 e. The molecular weight excluding hydrogens is 212 g/mol. The van der Waals surface area contributed by atoms with Crippen LogP contribution in [0.2, 0.25) is 0 Å². The summed E-state index contributed by atoms with van der Waals surface area (Å²) in [6.45, 7) is 2.89. The van der Waals surface area contributed by atoms with Crippen LogP contribution in [0.5, 0.6) is 5.75 Å². The van der Waals surface area contributed by atoms with Crippen LogP contribution in [0.1, 0.15) is 25.1 Å². The maximum atomic E-state index is 9.97. The smallest absolute Gasteiger partial charge is 0.162 e. The molecule has 0 aliphatic heterocycles. The van der Waals surface area contributed by atoms with Crippen LogP contribution in [0.4, 0.5) is 0 Å². The van der Waals surface area contributed by atoms with E-state index in [1.54, 1.807) is 25.1 Å². The van der Waals surface area contributed by atoms with Crippen molar-refractivity contribution in [2.45, 2.75) is 26.0 Å². The Bertz CT molecular complexity index is 302. The van der Waals surface area contributed by atoms with Crippen molar-refractivity contribution >= 4 is 11.8 Å². The zero-order valence-corrected chi connectivity index (χ0v) is 10.3. The minimum absolute atomic E-state index is 0.510. The van der Waals surface area contributed by atoms with Crippen molar-refractivity contribution in [3.8, 4) is 5.75 Å². The highest BCUT2D eigenvalue weighted by molar-refractivity contribution is 7.98. The molecule has 0 saturated carbocycles. The van der Waals surface area contributed by atoms with Gasteiger partial charge in [0, 0.05) is 12.3 Å². The van der Waals surface area contributed by atoms with E-state index in [2.05, 4.69) is 12.0 Å². The lowest BCUT2D eigenvalue weighted by molar-refractivity contribution is 0.186. The van der Waals surface area contributed by atoms with Crippen molar-refractivity contribution < 1.29 is 9.84 Å². The molecule has 0 spiro atoms. The van der Waals surface area contributed by atoms with Gasteiger partial charge >= 0.3 is 0 Å². The van der Waals surface area contributed by atoms with E-state index < -0.39 is 6.10 Å². The molecule has 86 valence electrons. The average molecular weight is 230 g/mol. The summed E-state index contributed by atoms with van der Waals surface area (Å²) < 4.78 is 7.01. The molecule has 0 amide bonds. The first-order valence-electron chi connectivity index (χ1n) is 5.01. The van der Waals surface area contributed by atoms with E-state index in [0.717, 1.165) is 18.7 Å². The Morgan fingerprint density at radius 3 is 2.93 bits per heavy atom. The van der Waals surface area contributed by atoms with Crippen molar-refractivity contribution in [1.82, 2.24) is 9.78 Å². The van der Waals surface area contributed by atoms with E-state index in [9.17, 15) is 5.11 Å². The van der Waals surface area contributed by atoms with Gasteiger partial charge in [-0.2, -0.15) is 16.9 Å². The second-order valence-corrected chi connectivity index (χ2v) is 4.20. The third-order valence-electron chi connectivity index (χ3n) is 2.14. The molecule has 15 heavy (non-hydrogen) atoms. The fourth-order valence-corrected chi connectivity index (χ4v) is 1.97. The molecule has 4 nitrogen and oxygen atoms in total. The number of hydrogen-bond acceptors (Lipinski definition) is 4. The van der Waals surface area contributed by atoms with Gasteiger partial charge in [-0.25, -0.2) is 0 Å². The topological polar surface area (TPSA) is 47.3 Å². The summed E-state index contributed by atoms with van der Waals surface area (Å²) in [6, 6.07) is 0. The lowest BCUT2D eigenvalue weighted by Gasteiger charge is -2.13. The Morgan fingerprint density at radius 2 is 2.40 bits per heavy atom. The van der Waals surface area contributed by atoms with Crippen LogP contribution >= 0.6 is 11.8 Å². The number of aromatic nitrogens is 2. The molecule has 0 radical (unpaired) electrons. The van der Waals surface area contributed by atoms with Gasteiger partial charge < -0.3 is 9.84 Å². The Morgan fingerprint density at radius 1 is 1.67 bits per heavy atom. The van der Waals surface area contributed by atoms with Crippen molar-refractivity contribution in [3.05, 3.63) is 11.9 Å². The summed E-state index contributed by atoms with van der Waals surface area (Å²) in [6.07, 6.45) is 4.11. The number of ether oxygens (including phenoxy) is 1. The van der Waals surface area contributed by atoms with E-state index in [-0.39, 0.29) is 0 Å². The van der Waals surface area contributed by atoms with Gasteiger partial charge in [-0.1, -0.05) is 6.92 Å². The van der Waals surface area contributed by atoms with Gasteiger partial charge in [-0.05, 0) is 12.7 Å². The van der Waals surface area contributed by atoms with Gasteiger partial charge in [-0.15, -0.1) is 0 Å². The van der Waals surface area contributed by atoms with Crippen LogP contribution in [0.15, 0.2) is 6.20 Å². The lowest BCUT2D eigenvalue weighted by Crippen LogP contribution is -2.11. The predicted molar refractivity (Wildman–Crippen MR) is 62.4 cm³/mol. The van der Waals surface area contributed by atoms with E-state index in [0.29, 0.717) is 11.5 Å².